The van der Waals surface area contributed by atoms with Gasteiger partial charge in [0, 0.05) is 11.6 Å². The second-order valence-corrected chi connectivity index (χ2v) is 3.88. The van der Waals surface area contributed by atoms with E-state index in [9.17, 15) is 4.79 Å². The van der Waals surface area contributed by atoms with E-state index in [1.165, 1.54) is 12.4 Å². The van der Waals surface area contributed by atoms with Crippen molar-refractivity contribution >= 4 is 17.5 Å². The monoisotopic (exact) mass is 247 g/mol. The number of carbonyl (C=O) groups is 1. The van der Waals surface area contributed by atoms with E-state index in [4.69, 9.17) is 11.6 Å². The molecule has 2 rings (SSSR count). The lowest BCUT2D eigenvalue weighted by molar-refractivity contribution is 0.0950. The molecule has 1 amide bonds. The van der Waals surface area contributed by atoms with Gasteiger partial charge >= 0.3 is 0 Å². The van der Waals surface area contributed by atoms with Gasteiger partial charge in [0.2, 0.25) is 0 Å². The highest BCUT2D eigenvalue weighted by Crippen LogP contribution is 2.09. The highest BCUT2D eigenvalue weighted by molar-refractivity contribution is 6.30. The zero-order chi connectivity index (χ0) is 12.1. The Balaban J connectivity index is 1.95. The molecule has 0 atom stereocenters. The van der Waals surface area contributed by atoms with Crippen molar-refractivity contribution in [3.8, 4) is 0 Å². The van der Waals surface area contributed by atoms with E-state index in [2.05, 4.69) is 15.5 Å². The molecule has 0 aliphatic rings. The molecule has 4 nitrogen and oxygen atoms in total. The van der Waals surface area contributed by atoms with Crippen molar-refractivity contribution in [1.29, 1.82) is 0 Å². The smallest absolute Gasteiger partial charge is 0.253 e. The summed E-state index contributed by atoms with van der Waals surface area (Å²) in [5, 5.41) is 10.7. The van der Waals surface area contributed by atoms with Gasteiger partial charge in [0.05, 0.1) is 18.0 Å². The van der Waals surface area contributed by atoms with Gasteiger partial charge in [-0.25, -0.2) is 0 Å². The summed E-state index contributed by atoms with van der Waals surface area (Å²) in [6.45, 7) is 0.457. The van der Waals surface area contributed by atoms with Gasteiger partial charge in [-0.1, -0.05) is 23.7 Å². The number of hydrogen-bond acceptors (Lipinski definition) is 3. The minimum atomic E-state index is -0.171. The molecular weight excluding hydrogens is 238 g/mol. The number of aromatic nitrogens is 2. The third-order valence-corrected chi connectivity index (χ3v) is 2.46. The number of carbonyl (C=O) groups excluding carboxylic acids is 1. The highest BCUT2D eigenvalue weighted by atomic mass is 35.5. The molecule has 1 N–H and O–H groups in total. The van der Waals surface area contributed by atoms with E-state index in [-0.39, 0.29) is 5.91 Å². The molecule has 86 valence electrons. The minimum absolute atomic E-state index is 0.171. The average molecular weight is 248 g/mol. The summed E-state index contributed by atoms with van der Waals surface area (Å²) in [6.07, 6.45) is 2.91. The summed E-state index contributed by atoms with van der Waals surface area (Å²) in [7, 11) is 0. The third kappa shape index (κ3) is 3.26. The Morgan fingerprint density at radius 3 is 2.59 bits per heavy atom. The van der Waals surface area contributed by atoms with Crippen LogP contribution in [0.25, 0.3) is 0 Å². The van der Waals surface area contributed by atoms with Crippen LogP contribution in [0.2, 0.25) is 5.02 Å². The fraction of sp³-hybridized carbons (Fsp3) is 0.0833. The fourth-order valence-corrected chi connectivity index (χ4v) is 1.44. The number of nitrogens with one attached hydrogen (secondary N) is 1. The lowest BCUT2D eigenvalue weighted by Gasteiger charge is -2.04. The molecule has 5 heteroatoms. The number of nitrogens with zero attached hydrogens (tertiary/aromatic N) is 2. The number of benzene rings is 1. The van der Waals surface area contributed by atoms with Gasteiger partial charge in [0.1, 0.15) is 0 Å². The van der Waals surface area contributed by atoms with Crippen LogP contribution in [0, 0.1) is 0 Å². The number of hydrogen-bond donors (Lipinski definition) is 1. The Kier molecular flexibility index (Phi) is 3.67. The molecule has 0 aliphatic heterocycles. The topological polar surface area (TPSA) is 54.9 Å². The maximum atomic E-state index is 11.7. The summed E-state index contributed by atoms with van der Waals surface area (Å²) in [4.78, 5) is 11.7. The predicted molar refractivity (Wildman–Crippen MR) is 64.7 cm³/mol. The zero-order valence-corrected chi connectivity index (χ0v) is 9.69. The SMILES string of the molecule is O=C(NCc1ccc(Cl)cc1)c1ccnnc1. The Bertz CT molecular complexity index is 499. The second kappa shape index (κ2) is 5.41. The van der Waals surface area contributed by atoms with Crippen molar-refractivity contribution in [2.75, 3.05) is 0 Å². The highest BCUT2D eigenvalue weighted by Gasteiger charge is 2.04. The summed E-state index contributed by atoms with van der Waals surface area (Å²) in [5.41, 5.74) is 1.48. The molecule has 0 saturated heterocycles. The van der Waals surface area contributed by atoms with Crippen LogP contribution in [-0.4, -0.2) is 16.1 Å². The summed E-state index contributed by atoms with van der Waals surface area (Å²) >= 11 is 5.77. The van der Waals surface area contributed by atoms with Crippen molar-refractivity contribution in [3.63, 3.8) is 0 Å². The summed E-state index contributed by atoms with van der Waals surface area (Å²) in [5.74, 6) is -0.171. The van der Waals surface area contributed by atoms with Crippen LogP contribution in [0.5, 0.6) is 0 Å². The van der Waals surface area contributed by atoms with Gasteiger partial charge in [0.25, 0.3) is 5.91 Å². The summed E-state index contributed by atoms with van der Waals surface area (Å²) < 4.78 is 0. The van der Waals surface area contributed by atoms with Gasteiger partial charge in [-0.3, -0.25) is 4.79 Å². The zero-order valence-electron chi connectivity index (χ0n) is 8.93. The van der Waals surface area contributed by atoms with Crippen LogP contribution < -0.4 is 5.32 Å². The standard InChI is InChI=1S/C12H10ClN3O/c13-11-3-1-9(2-4-11)7-14-12(17)10-5-6-15-16-8-10/h1-6,8H,7H2,(H,14,17). The first-order valence-electron chi connectivity index (χ1n) is 5.05. The van der Waals surface area contributed by atoms with Crippen LogP contribution in [-0.2, 0) is 6.54 Å². The molecular formula is C12H10ClN3O. The van der Waals surface area contributed by atoms with E-state index < -0.39 is 0 Å². The normalized spacial score (nSPS) is 9.94. The lowest BCUT2D eigenvalue weighted by Crippen LogP contribution is -2.22. The maximum absolute atomic E-state index is 11.7. The van der Waals surface area contributed by atoms with Crippen molar-refractivity contribution in [2.45, 2.75) is 6.54 Å². The lowest BCUT2D eigenvalue weighted by atomic mass is 10.2. The molecule has 17 heavy (non-hydrogen) atoms. The van der Waals surface area contributed by atoms with Crippen LogP contribution in [0.1, 0.15) is 15.9 Å². The van der Waals surface area contributed by atoms with Crippen LogP contribution >= 0.6 is 11.6 Å². The molecule has 0 spiro atoms. The van der Waals surface area contributed by atoms with E-state index in [0.29, 0.717) is 17.1 Å². The molecule has 0 unspecified atom stereocenters. The quantitative estimate of drug-likeness (QED) is 0.903. The number of rotatable bonds is 3. The maximum Gasteiger partial charge on any atom is 0.253 e. The summed E-state index contributed by atoms with van der Waals surface area (Å²) in [6, 6.07) is 8.93. The Morgan fingerprint density at radius 2 is 1.94 bits per heavy atom. The van der Waals surface area contributed by atoms with Crippen molar-refractivity contribution in [1.82, 2.24) is 15.5 Å². The first kappa shape index (κ1) is 11.5. The molecule has 1 heterocycles. The van der Waals surface area contributed by atoms with Gasteiger partial charge in [-0.2, -0.15) is 10.2 Å². The first-order valence-corrected chi connectivity index (χ1v) is 5.43. The van der Waals surface area contributed by atoms with Crippen molar-refractivity contribution < 1.29 is 4.79 Å². The largest absolute Gasteiger partial charge is 0.348 e. The molecule has 2 aromatic rings. The Labute approximate surface area is 104 Å². The van der Waals surface area contributed by atoms with E-state index in [1.807, 2.05) is 12.1 Å². The van der Waals surface area contributed by atoms with Crippen molar-refractivity contribution in [2.24, 2.45) is 0 Å². The Morgan fingerprint density at radius 1 is 1.18 bits per heavy atom. The molecule has 0 fully saturated rings. The minimum Gasteiger partial charge on any atom is -0.348 e. The van der Waals surface area contributed by atoms with E-state index in [1.54, 1.807) is 18.2 Å². The van der Waals surface area contributed by atoms with Crippen LogP contribution in [0.15, 0.2) is 42.7 Å². The molecule has 0 radical (unpaired) electrons. The fourth-order valence-electron chi connectivity index (χ4n) is 1.31. The molecule has 0 saturated carbocycles. The Hall–Kier alpha value is -1.94. The van der Waals surface area contributed by atoms with Crippen LogP contribution in [0.3, 0.4) is 0 Å². The first-order chi connectivity index (χ1) is 8.25. The molecule has 1 aromatic carbocycles. The van der Waals surface area contributed by atoms with E-state index >= 15 is 0 Å². The number of amides is 1. The van der Waals surface area contributed by atoms with Gasteiger partial charge in [-0.15, -0.1) is 0 Å². The van der Waals surface area contributed by atoms with Gasteiger partial charge in [-0.05, 0) is 23.8 Å². The van der Waals surface area contributed by atoms with Crippen molar-refractivity contribution in [3.05, 3.63) is 58.9 Å². The van der Waals surface area contributed by atoms with E-state index in [0.717, 1.165) is 5.56 Å². The van der Waals surface area contributed by atoms with Gasteiger partial charge in [0.15, 0.2) is 0 Å². The average Bonchev–Trinajstić information content (AvgIpc) is 2.39. The molecule has 1 aromatic heterocycles. The second-order valence-electron chi connectivity index (χ2n) is 3.44. The van der Waals surface area contributed by atoms with Gasteiger partial charge < -0.3 is 5.32 Å². The number of halogens is 1. The molecule has 0 aliphatic carbocycles. The predicted octanol–water partition coefficient (Wildman–Crippen LogP) is 2.06. The molecule has 0 bridgehead atoms. The van der Waals surface area contributed by atoms with Crippen LogP contribution in [0.4, 0.5) is 0 Å². The third-order valence-electron chi connectivity index (χ3n) is 2.21.